The van der Waals surface area contributed by atoms with Crippen LogP contribution in [0.25, 0.3) is 10.8 Å². The minimum Gasteiger partial charge on any atom is -0.493 e. The van der Waals surface area contributed by atoms with Gasteiger partial charge in [0.25, 0.3) is 0 Å². The van der Waals surface area contributed by atoms with Crippen LogP contribution in [0, 0.1) is 0 Å². The van der Waals surface area contributed by atoms with Gasteiger partial charge in [0, 0.05) is 0 Å². The Morgan fingerprint density at radius 2 is 1.31 bits per heavy atom. The first-order chi connectivity index (χ1) is 7.86. The first-order valence-electron chi connectivity index (χ1n) is 5.64. The van der Waals surface area contributed by atoms with Crippen molar-refractivity contribution in [3.8, 4) is 11.5 Å². The van der Waals surface area contributed by atoms with Crippen LogP contribution in [0.2, 0.25) is 0 Å². The van der Waals surface area contributed by atoms with Crippen molar-refractivity contribution >= 4 is 10.8 Å². The Bertz CT molecular complexity index is 436. The van der Waals surface area contributed by atoms with Crippen LogP contribution >= 0.6 is 0 Å². The summed E-state index contributed by atoms with van der Waals surface area (Å²) in [7, 11) is 0. The van der Waals surface area contributed by atoms with Gasteiger partial charge < -0.3 is 9.47 Å². The monoisotopic (exact) mass is 216 g/mol. The van der Waals surface area contributed by atoms with E-state index in [4.69, 9.17) is 9.47 Å². The Morgan fingerprint density at radius 1 is 0.812 bits per heavy atom. The molecule has 0 saturated carbocycles. The minimum atomic E-state index is 0.666. The molecule has 0 radical (unpaired) electrons. The average molecular weight is 216 g/mol. The van der Waals surface area contributed by atoms with E-state index in [2.05, 4.69) is 12.1 Å². The summed E-state index contributed by atoms with van der Waals surface area (Å²) in [5.41, 5.74) is 0. The van der Waals surface area contributed by atoms with Crippen LogP contribution in [0.4, 0.5) is 0 Å². The second-order valence-corrected chi connectivity index (χ2v) is 3.48. The van der Waals surface area contributed by atoms with E-state index in [0.29, 0.717) is 13.2 Å². The number of ether oxygens (including phenoxy) is 2. The minimum absolute atomic E-state index is 0.666. The summed E-state index contributed by atoms with van der Waals surface area (Å²) in [5, 5.41) is 2.21. The largest absolute Gasteiger partial charge is 0.493 e. The van der Waals surface area contributed by atoms with Crippen molar-refractivity contribution < 1.29 is 9.47 Å². The molecule has 0 amide bonds. The van der Waals surface area contributed by atoms with Crippen LogP contribution in [0.15, 0.2) is 36.4 Å². The Balaban J connectivity index is 2.61. The second kappa shape index (κ2) is 4.88. The van der Waals surface area contributed by atoms with Crippen molar-refractivity contribution in [3.63, 3.8) is 0 Å². The van der Waals surface area contributed by atoms with E-state index in [1.807, 2.05) is 38.1 Å². The van der Waals surface area contributed by atoms with Gasteiger partial charge in [-0.25, -0.2) is 0 Å². The smallest absolute Gasteiger partial charge is 0.130 e. The molecule has 2 heteroatoms. The highest BCUT2D eigenvalue weighted by Gasteiger charge is 2.07. The van der Waals surface area contributed by atoms with E-state index < -0.39 is 0 Å². The first-order valence-corrected chi connectivity index (χ1v) is 5.64. The SMILES string of the molecule is CCOc1cccc2cccc(OCC)c12. The zero-order chi connectivity index (χ0) is 11.4. The van der Waals surface area contributed by atoms with Gasteiger partial charge in [0.05, 0.1) is 18.6 Å². The summed E-state index contributed by atoms with van der Waals surface area (Å²) in [6.07, 6.45) is 0. The third-order valence-electron chi connectivity index (χ3n) is 2.43. The predicted octanol–water partition coefficient (Wildman–Crippen LogP) is 3.64. The van der Waals surface area contributed by atoms with Gasteiger partial charge in [-0.05, 0) is 31.4 Å². The summed E-state index contributed by atoms with van der Waals surface area (Å²) in [5.74, 6) is 1.79. The molecule has 2 aromatic carbocycles. The number of rotatable bonds is 4. The summed E-state index contributed by atoms with van der Waals surface area (Å²) in [6, 6.07) is 12.1. The molecule has 0 N–H and O–H groups in total. The van der Waals surface area contributed by atoms with Crippen LogP contribution in [0.1, 0.15) is 13.8 Å². The Hall–Kier alpha value is -1.70. The third kappa shape index (κ3) is 1.96. The lowest BCUT2D eigenvalue weighted by Crippen LogP contribution is -1.96. The molecule has 0 bridgehead atoms. The van der Waals surface area contributed by atoms with Crippen molar-refractivity contribution in [2.24, 2.45) is 0 Å². The molecule has 0 heterocycles. The lowest BCUT2D eigenvalue weighted by molar-refractivity contribution is 0.332. The molecule has 2 aromatic rings. The molecule has 0 aliphatic carbocycles. The molecule has 0 aromatic heterocycles. The van der Waals surface area contributed by atoms with Crippen LogP contribution in [0.3, 0.4) is 0 Å². The van der Waals surface area contributed by atoms with Gasteiger partial charge in [0.15, 0.2) is 0 Å². The zero-order valence-electron chi connectivity index (χ0n) is 9.69. The number of fused-ring (bicyclic) bond motifs is 1. The Morgan fingerprint density at radius 3 is 1.75 bits per heavy atom. The van der Waals surface area contributed by atoms with Gasteiger partial charge >= 0.3 is 0 Å². The van der Waals surface area contributed by atoms with Crippen LogP contribution in [-0.4, -0.2) is 13.2 Å². The standard InChI is InChI=1S/C14H16O2/c1-3-15-12-9-5-7-11-8-6-10-13(14(11)12)16-4-2/h5-10H,3-4H2,1-2H3. The van der Waals surface area contributed by atoms with E-state index in [1.54, 1.807) is 0 Å². The molecule has 0 atom stereocenters. The maximum absolute atomic E-state index is 5.63. The molecule has 2 nitrogen and oxygen atoms in total. The van der Waals surface area contributed by atoms with Crippen molar-refractivity contribution in [3.05, 3.63) is 36.4 Å². The molecule has 84 valence electrons. The van der Waals surface area contributed by atoms with Crippen molar-refractivity contribution in [2.45, 2.75) is 13.8 Å². The molecule has 0 aliphatic rings. The lowest BCUT2D eigenvalue weighted by Gasteiger charge is -2.11. The number of hydrogen-bond donors (Lipinski definition) is 0. The molecule has 0 aliphatic heterocycles. The Kier molecular flexibility index (Phi) is 3.30. The fraction of sp³-hybridized carbons (Fsp3) is 0.286. The molecule has 2 rings (SSSR count). The fourth-order valence-corrected chi connectivity index (χ4v) is 1.82. The van der Waals surface area contributed by atoms with Crippen LogP contribution in [-0.2, 0) is 0 Å². The fourth-order valence-electron chi connectivity index (χ4n) is 1.82. The zero-order valence-corrected chi connectivity index (χ0v) is 9.69. The summed E-state index contributed by atoms with van der Waals surface area (Å²) >= 11 is 0. The Labute approximate surface area is 95.8 Å². The third-order valence-corrected chi connectivity index (χ3v) is 2.43. The maximum atomic E-state index is 5.63. The van der Waals surface area contributed by atoms with Gasteiger partial charge in [-0.3, -0.25) is 0 Å². The van der Waals surface area contributed by atoms with Crippen LogP contribution in [0.5, 0.6) is 11.5 Å². The molecule has 16 heavy (non-hydrogen) atoms. The van der Waals surface area contributed by atoms with Gasteiger partial charge in [-0.15, -0.1) is 0 Å². The average Bonchev–Trinajstić information content (AvgIpc) is 2.30. The lowest BCUT2D eigenvalue weighted by atomic mass is 10.1. The first kappa shape index (κ1) is 10.8. The van der Waals surface area contributed by atoms with Gasteiger partial charge in [-0.1, -0.05) is 24.3 Å². The van der Waals surface area contributed by atoms with Crippen molar-refractivity contribution in [1.82, 2.24) is 0 Å². The summed E-state index contributed by atoms with van der Waals surface area (Å²) in [6.45, 7) is 5.31. The highest BCUT2D eigenvalue weighted by atomic mass is 16.5. The normalized spacial score (nSPS) is 10.4. The van der Waals surface area contributed by atoms with E-state index in [0.717, 1.165) is 22.3 Å². The van der Waals surface area contributed by atoms with Gasteiger partial charge in [-0.2, -0.15) is 0 Å². The number of benzene rings is 2. The molecule has 0 spiro atoms. The predicted molar refractivity (Wildman–Crippen MR) is 66.3 cm³/mol. The van der Waals surface area contributed by atoms with Crippen molar-refractivity contribution in [2.75, 3.05) is 13.2 Å². The number of hydrogen-bond acceptors (Lipinski definition) is 2. The highest BCUT2D eigenvalue weighted by Crippen LogP contribution is 2.33. The van der Waals surface area contributed by atoms with Crippen LogP contribution < -0.4 is 9.47 Å². The molecule has 0 saturated heterocycles. The molecular formula is C14H16O2. The summed E-state index contributed by atoms with van der Waals surface area (Å²) < 4.78 is 11.3. The topological polar surface area (TPSA) is 18.5 Å². The van der Waals surface area contributed by atoms with E-state index in [1.165, 1.54) is 0 Å². The van der Waals surface area contributed by atoms with E-state index >= 15 is 0 Å². The van der Waals surface area contributed by atoms with E-state index in [9.17, 15) is 0 Å². The molecular weight excluding hydrogens is 200 g/mol. The molecule has 0 fully saturated rings. The quantitative estimate of drug-likeness (QED) is 0.776. The van der Waals surface area contributed by atoms with Crippen molar-refractivity contribution in [1.29, 1.82) is 0 Å². The van der Waals surface area contributed by atoms with Gasteiger partial charge in [0.2, 0.25) is 0 Å². The van der Waals surface area contributed by atoms with Gasteiger partial charge in [0.1, 0.15) is 11.5 Å². The second-order valence-electron chi connectivity index (χ2n) is 3.48. The highest BCUT2D eigenvalue weighted by molar-refractivity contribution is 5.93. The maximum Gasteiger partial charge on any atom is 0.130 e. The van der Waals surface area contributed by atoms with E-state index in [-0.39, 0.29) is 0 Å². The summed E-state index contributed by atoms with van der Waals surface area (Å²) in [4.78, 5) is 0. The molecule has 0 unspecified atom stereocenters.